The summed E-state index contributed by atoms with van der Waals surface area (Å²) < 4.78 is 39.9. The van der Waals surface area contributed by atoms with E-state index in [4.69, 9.17) is 5.11 Å². The van der Waals surface area contributed by atoms with Gasteiger partial charge < -0.3 is 9.67 Å². The number of imidazole rings is 1. The van der Waals surface area contributed by atoms with Crippen molar-refractivity contribution < 1.29 is 23.1 Å². The van der Waals surface area contributed by atoms with Crippen molar-refractivity contribution in [3.05, 3.63) is 65.0 Å². The van der Waals surface area contributed by atoms with E-state index in [1.807, 2.05) is 11.5 Å². The largest absolute Gasteiger partial charge is 0.478 e. The Morgan fingerprint density at radius 3 is 2.40 bits per heavy atom. The fourth-order valence-corrected chi connectivity index (χ4v) is 2.74. The van der Waals surface area contributed by atoms with Crippen LogP contribution in [0, 0.1) is 0 Å². The summed E-state index contributed by atoms with van der Waals surface area (Å²) in [6.45, 7) is 2.28. The van der Waals surface area contributed by atoms with Crippen LogP contribution in [-0.2, 0) is 19.1 Å². The van der Waals surface area contributed by atoms with Gasteiger partial charge in [-0.05, 0) is 35.9 Å². The molecule has 0 amide bonds. The van der Waals surface area contributed by atoms with Crippen LogP contribution in [0.4, 0.5) is 13.2 Å². The smallest absolute Gasteiger partial charge is 0.416 e. The highest BCUT2D eigenvalue weighted by Crippen LogP contribution is 2.29. The maximum atomic E-state index is 12.7. The number of aryl methyl sites for hydroxylation is 1. The van der Waals surface area contributed by atoms with Crippen molar-refractivity contribution in [3.8, 4) is 0 Å². The standard InChI is InChI=1S/C18H15F3N2O2/c1-2-16-22-14-9-12(17(24)25)5-8-15(14)23(16)10-11-3-6-13(7-4-11)18(19,20)21/h3-9H,2,10H2,1H3,(H,24,25). The van der Waals surface area contributed by atoms with Crippen molar-refractivity contribution >= 4 is 17.0 Å². The molecule has 130 valence electrons. The van der Waals surface area contributed by atoms with Gasteiger partial charge in [-0.3, -0.25) is 0 Å². The van der Waals surface area contributed by atoms with Gasteiger partial charge in [0.05, 0.1) is 22.2 Å². The minimum Gasteiger partial charge on any atom is -0.478 e. The zero-order valence-electron chi connectivity index (χ0n) is 13.3. The predicted octanol–water partition coefficient (Wildman–Crippen LogP) is 4.36. The summed E-state index contributed by atoms with van der Waals surface area (Å²) in [6.07, 6.45) is -3.74. The topological polar surface area (TPSA) is 55.1 Å². The third-order valence-electron chi connectivity index (χ3n) is 4.01. The van der Waals surface area contributed by atoms with Gasteiger partial charge in [0.25, 0.3) is 0 Å². The number of carbonyl (C=O) groups is 1. The molecule has 7 heteroatoms. The SMILES string of the molecule is CCc1nc2cc(C(=O)O)ccc2n1Cc1ccc(C(F)(F)F)cc1. The van der Waals surface area contributed by atoms with Crippen LogP contribution in [0.5, 0.6) is 0 Å². The molecule has 1 aromatic heterocycles. The quantitative estimate of drug-likeness (QED) is 0.762. The minimum absolute atomic E-state index is 0.148. The van der Waals surface area contributed by atoms with E-state index in [1.54, 1.807) is 6.07 Å². The molecule has 0 aliphatic carbocycles. The normalized spacial score (nSPS) is 11.8. The van der Waals surface area contributed by atoms with E-state index in [0.29, 0.717) is 24.0 Å². The van der Waals surface area contributed by atoms with Gasteiger partial charge in [-0.25, -0.2) is 9.78 Å². The molecule has 0 aliphatic rings. The Kier molecular flexibility index (Phi) is 4.24. The Bertz CT molecular complexity index is 928. The summed E-state index contributed by atoms with van der Waals surface area (Å²) in [7, 11) is 0. The highest BCUT2D eigenvalue weighted by atomic mass is 19.4. The fraction of sp³-hybridized carbons (Fsp3) is 0.222. The Morgan fingerprint density at radius 2 is 1.84 bits per heavy atom. The molecule has 0 aliphatic heterocycles. The van der Waals surface area contributed by atoms with Crippen molar-refractivity contribution in [2.24, 2.45) is 0 Å². The van der Waals surface area contributed by atoms with E-state index in [9.17, 15) is 18.0 Å². The van der Waals surface area contributed by atoms with Crippen molar-refractivity contribution in [1.82, 2.24) is 9.55 Å². The van der Waals surface area contributed by atoms with Crippen LogP contribution < -0.4 is 0 Å². The summed E-state index contributed by atoms with van der Waals surface area (Å²) in [5, 5.41) is 9.08. The summed E-state index contributed by atoms with van der Waals surface area (Å²) in [6, 6.07) is 9.68. The molecule has 1 heterocycles. The lowest BCUT2D eigenvalue weighted by Gasteiger charge is -2.10. The molecule has 0 bridgehead atoms. The number of fused-ring (bicyclic) bond motifs is 1. The zero-order valence-corrected chi connectivity index (χ0v) is 13.3. The van der Waals surface area contributed by atoms with Gasteiger partial charge in [0.15, 0.2) is 0 Å². The average Bonchev–Trinajstić information content (AvgIpc) is 2.91. The van der Waals surface area contributed by atoms with Crippen molar-refractivity contribution in [2.45, 2.75) is 26.1 Å². The van der Waals surface area contributed by atoms with Gasteiger partial charge in [0, 0.05) is 13.0 Å². The number of halogens is 3. The molecule has 0 spiro atoms. The molecule has 1 N–H and O–H groups in total. The third kappa shape index (κ3) is 3.35. The molecular weight excluding hydrogens is 333 g/mol. The van der Waals surface area contributed by atoms with Crippen LogP contribution in [0.25, 0.3) is 11.0 Å². The first-order chi connectivity index (χ1) is 11.8. The van der Waals surface area contributed by atoms with Gasteiger partial charge >= 0.3 is 12.1 Å². The Labute approximate surface area is 141 Å². The summed E-state index contributed by atoms with van der Waals surface area (Å²) >= 11 is 0. The van der Waals surface area contributed by atoms with E-state index in [2.05, 4.69) is 4.98 Å². The van der Waals surface area contributed by atoms with Gasteiger partial charge in [-0.1, -0.05) is 19.1 Å². The molecule has 3 aromatic rings. The van der Waals surface area contributed by atoms with E-state index in [-0.39, 0.29) is 5.56 Å². The fourth-order valence-electron chi connectivity index (χ4n) is 2.74. The monoisotopic (exact) mass is 348 g/mol. The van der Waals surface area contributed by atoms with Gasteiger partial charge in [0.2, 0.25) is 0 Å². The lowest BCUT2D eigenvalue weighted by molar-refractivity contribution is -0.137. The van der Waals surface area contributed by atoms with Crippen LogP contribution in [0.3, 0.4) is 0 Å². The minimum atomic E-state index is -4.36. The lowest BCUT2D eigenvalue weighted by atomic mass is 10.1. The van der Waals surface area contributed by atoms with Gasteiger partial charge in [0.1, 0.15) is 5.82 Å². The van der Waals surface area contributed by atoms with Crippen LogP contribution in [-0.4, -0.2) is 20.6 Å². The van der Waals surface area contributed by atoms with Crippen molar-refractivity contribution in [1.29, 1.82) is 0 Å². The van der Waals surface area contributed by atoms with Crippen LogP contribution in [0.1, 0.15) is 34.2 Å². The van der Waals surface area contributed by atoms with E-state index in [0.717, 1.165) is 23.5 Å². The number of carboxylic acids is 1. The van der Waals surface area contributed by atoms with Gasteiger partial charge in [-0.2, -0.15) is 13.2 Å². The average molecular weight is 348 g/mol. The highest BCUT2D eigenvalue weighted by molar-refractivity contribution is 5.92. The number of aromatic nitrogens is 2. The molecule has 2 aromatic carbocycles. The Hall–Kier alpha value is -2.83. The molecule has 0 fully saturated rings. The molecule has 0 atom stereocenters. The zero-order chi connectivity index (χ0) is 18.2. The first kappa shape index (κ1) is 17.0. The number of rotatable bonds is 4. The molecule has 0 saturated carbocycles. The number of hydrogen-bond acceptors (Lipinski definition) is 2. The summed E-state index contributed by atoms with van der Waals surface area (Å²) in [5.74, 6) is -0.283. The second kappa shape index (κ2) is 6.23. The summed E-state index contributed by atoms with van der Waals surface area (Å²) in [5.41, 5.74) is 1.48. The number of aromatic carboxylic acids is 1. The molecule has 3 rings (SSSR count). The molecule has 25 heavy (non-hydrogen) atoms. The molecule has 0 unspecified atom stereocenters. The predicted molar refractivity (Wildman–Crippen MR) is 86.6 cm³/mol. The van der Waals surface area contributed by atoms with Crippen molar-refractivity contribution in [3.63, 3.8) is 0 Å². The number of nitrogens with zero attached hydrogens (tertiary/aromatic N) is 2. The maximum Gasteiger partial charge on any atom is 0.416 e. The second-order valence-corrected chi connectivity index (χ2v) is 5.67. The Morgan fingerprint density at radius 1 is 1.16 bits per heavy atom. The second-order valence-electron chi connectivity index (χ2n) is 5.67. The molecule has 0 radical (unpaired) electrons. The number of benzene rings is 2. The molecule has 4 nitrogen and oxygen atoms in total. The van der Waals surface area contributed by atoms with Crippen molar-refractivity contribution in [2.75, 3.05) is 0 Å². The first-order valence-corrected chi connectivity index (χ1v) is 7.68. The Balaban J connectivity index is 1.99. The molecular formula is C18H15F3N2O2. The third-order valence-corrected chi connectivity index (χ3v) is 4.01. The first-order valence-electron chi connectivity index (χ1n) is 7.68. The maximum absolute atomic E-state index is 12.7. The van der Waals surface area contributed by atoms with Crippen LogP contribution in [0.15, 0.2) is 42.5 Å². The van der Waals surface area contributed by atoms with Crippen LogP contribution >= 0.6 is 0 Å². The lowest BCUT2D eigenvalue weighted by Crippen LogP contribution is -2.07. The van der Waals surface area contributed by atoms with E-state index < -0.39 is 17.7 Å². The number of hydrogen-bond donors (Lipinski definition) is 1. The van der Waals surface area contributed by atoms with E-state index >= 15 is 0 Å². The molecule has 0 saturated heterocycles. The highest BCUT2D eigenvalue weighted by Gasteiger charge is 2.29. The van der Waals surface area contributed by atoms with Gasteiger partial charge in [-0.15, -0.1) is 0 Å². The number of alkyl halides is 3. The van der Waals surface area contributed by atoms with E-state index in [1.165, 1.54) is 24.3 Å². The summed E-state index contributed by atoms with van der Waals surface area (Å²) in [4.78, 5) is 15.5. The van der Waals surface area contributed by atoms with Crippen LogP contribution in [0.2, 0.25) is 0 Å². The number of carboxylic acid groups (broad SMARTS) is 1.